The van der Waals surface area contributed by atoms with Crippen molar-refractivity contribution in [2.75, 3.05) is 5.32 Å². The maximum absolute atomic E-state index is 14.0. The molecule has 0 atom stereocenters. The molecule has 7 heteroatoms. The molecule has 2 N–H and O–H groups in total. The third-order valence-electron chi connectivity index (χ3n) is 3.70. The molecule has 1 aromatic carbocycles. The van der Waals surface area contributed by atoms with Crippen molar-refractivity contribution in [3.8, 4) is 5.69 Å². The number of halogens is 1. The van der Waals surface area contributed by atoms with Gasteiger partial charge < -0.3 is 10.3 Å². The van der Waals surface area contributed by atoms with Crippen molar-refractivity contribution in [3.05, 3.63) is 60.6 Å². The van der Waals surface area contributed by atoms with Gasteiger partial charge in [-0.2, -0.15) is 5.10 Å². The predicted molar refractivity (Wildman–Crippen MR) is 85.4 cm³/mol. The fourth-order valence-electron chi connectivity index (χ4n) is 2.50. The molecule has 4 aromatic rings. The number of hydrogen-bond acceptors (Lipinski definition) is 4. The summed E-state index contributed by atoms with van der Waals surface area (Å²) in [5.74, 6) is 0.354. The van der Waals surface area contributed by atoms with Crippen molar-refractivity contribution in [3.63, 3.8) is 0 Å². The normalized spacial score (nSPS) is 11.0. The van der Waals surface area contributed by atoms with Crippen LogP contribution in [-0.2, 0) is 0 Å². The molecule has 0 aliphatic heterocycles. The van der Waals surface area contributed by atoms with E-state index < -0.39 is 0 Å². The third-order valence-corrected chi connectivity index (χ3v) is 3.70. The van der Waals surface area contributed by atoms with Crippen LogP contribution in [0.3, 0.4) is 0 Å². The summed E-state index contributed by atoms with van der Waals surface area (Å²) < 4.78 is 15.5. The van der Waals surface area contributed by atoms with E-state index in [0.29, 0.717) is 11.5 Å². The Morgan fingerprint density at radius 2 is 2.04 bits per heavy atom. The summed E-state index contributed by atoms with van der Waals surface area (Å²) >= 11 is 0. The molecule has 0 bridgehead atoms. The van der Waals surface area contributed by atoms with Crippen molar-refractivity contribution in [2.24, 2.45) is 0 Å². The van der Waals surface area contributed by atoms with Crippen molar-refractivity contribution in [2.45, 2.75) is 6.92 Å². The topological polar surface area (TPSA) is 71.4 Å². The average molecular weight is 308 g/mol. The van der Waals surface area contributed by atoms with Crippen LogP contribution in [0.4, 0.5) is 15.9 Å². The van der Waals surface area contributed by atoms with Gasteiger partial charge in [-0.3, -0.25) is 0 Å². The Hall–Kier alpha value is -3.22. The van der Waals surface area contributed by atoms with E-state index in [1.165, 1.54) is 12.4 Å². The predicted octanol–water partition coefficient (Wildman–Crippen LogP) is 3.33. The molecule has 114 valence electrons. The number of benzene rings is 1. The van der Waals surface area contributed by atoms with Gasteiger partial charge in [-0.1, -0.05) is 12.1 Å². The minimum atomic E-state index is -0.319. The summed E-state index contributed by atoms with van der Waals surface area (Å²) in [5, 5.41) is 8.39. The SMILES string of the molecule is Cc1c(Nc2ncnc3[nH]ccc23)cnn1-c1ccccc1F. The Balaban J connectivity index is 1.74. The first-order valence-electron chi connectivity index (χ1n) is 7.08. The van der Waals surface area contributed by atoms with Gasteiger partial charge >= 0.3 is 0 Å². The fraction of sp³-hybridized carbons (Fsp3) is 0.0625. The van der Waals surface area contributed by atoms with Crippen LogP contribution in [0.2, 0.25) is 0 Å². The molecule has 3 aromatic heterocycles. The highest BCUT2D eigenvalue weighted by Gasteiger charge is 2.13. The van der Waals surface area contributed by atoms with Crippen LogP contribution in [0.15, 0.2) is 49.1 Å². The van der Waals surface area contributed by atoms with E-state index in [4.69, 9.17) is 0 Å². The minimum absolute atomic E-state index is 0.319. The lowest BCUT2D eigenvalue weighted by Crippen LogP contribution is -2.02. The van der Waals surface area contributed by atoms with Gasteiger partial charge in [0.1, 0.15) is 29.3 Å². The van der Waals surface area contributed by atoms with Crippen molar-refractivity contribution >= 4 is 22.5 Å². The molecule has 0 amide bonds. The zero-order valence-corrected chi connectivity index (χ0v) is 12.3. The molecule has 3 heterocycles. The molecule has 6 nitrogen and oxygen atoms in total. The van der Waals surface area contributed by atoms with E-state index in [2.05, 4.69) is 25.4 Å². The fourth-order valence-corrected chi connectivity index (χ4v) is 2.50. The Kier molecular flexibility index (Phi) is 3.04. The van der Waals surface area contributed by atoms with E-state index >= 15 is 0 Å². The zero-order chi connectivity index (χ0) is 15.8. The molecule has 0 spiro atoms. The number of para-hydroxylation sites is 1. The number of hydrogen-bond donors (Lipinski definition) is 2. The molecule has 4 rings (SSSR count). The summed E-state index contributed by atoms with van der Waals surface area (Å²) in [6.45, 7) is 1.87. The number of aromatic amines is 1. The lowest BCUT2D eigenvalue weighted by Gasteiger charge is -2.08. The van der Waals surface area contributed by atoms with E-state index in [9.17, 15) is 4.39 Å². The van der Waals surface area contributed by atoms with Crippen molar-refractivity contribution < 1.29 is 4.39 Å². The quantitative estimate of drug-likeness (QED) is 0.609. The number of rotatable bonds is 3. The third kappa shape index (κ3) is 2.22. The summed E-state index contributed by atoms with van der Waals surface area (Å²) in [6.07, 6.45) is 4.94. The Labute approximate surface area is 131 Å². The van der Waals surface area contributed by atoms with Gasteiger partial charge in [0.2, 0.25) is 0 Å². The number of H-pyrrole nitrogens is 1. The molecular formula is C16H13FN6. The van der Waals surface area contributed by atoms with Crippen LogP contribution in [0.1, 0.15) is 5.69 Å². The first-order chi connectivity index (χ1) is 11.2. The van der Waals surface area contributed by atoms with E-state index in [0.717, 1.165) is 22.4 Å². The van der Waals surface area contributed by atoms with Gasteiger partial charge in [0, 0.05) is 6.20 Å². The monoisotopic (exact) mass is 308 g/mol. The first kappa shape index (κ1) is 13.4. The second-order valence-corrected chi connectivity index (χ2v) is 5.09. The number of nitrogens with zero attached hydrogens (tertiary/aromatic N) is 4. The van der Waals surface area contributed by atoms with E-state index in [1.54, 1.807) is 35.3 Å². The van der Waals surface area contributed by atoms with Gasteiger partial charge in [0.25, 0.3) is 0 Å². The molecule has 0 unspecified atom stereocenters. The zero-order valence-electron chi connectivity index (χ0n) is 12.3. The standard InChI is InChI=1S/C16H13FN6/c1-10-13(8-21-23(10)14-5-3-2-4-12(14)17)22-16-11-6-7-18-15(11)19-9-20-16/h2-9H,1H3,(H2,18,19,20,22). The average Bonchev–Trinajstić information content (AvgIpc) is 3.17. The lowest BCUT2D eigenvalue weighted by molar-refractivity contribution is 0.608. The Morgan fingerprint density at radius 1 is 1.17 bits per heavy atom. The number of anilines is 2. The van der Waals surface area contributed by atoms with Crippen LogP contribution in [0, 0.1) is 12.7 Å². The number of fused-ring (bicyclic) bond motifs is 1. The molecule has 23 heavy (non-hydrogen) atoms. The molecule has 0 radical (unpaired) electrons. The molecule has 0 aliphatic carbocycles. The van der Waals surface area contributed by atoms with E-state index in [-0.39, 0.29) is 5.82 Å². The molecule has 0 saturated carbocycles. The van der Waals surface area contributed by atoms with Gasteiger partial charge in [0.05, 0.1) is 23.0 Å². The Morgan fingerprint density at radius 3 is 2.91 bits per heavy atom. The van der Waals surface area contributed by atoms with Crippen LogP contribution in [-0.4, -0.2) is 24.7 Å². The maximum atomic E-state index is 14.0. The van der Waals surface area contributed by atoms with Gasteiger partial charge in [-0.25, -0.2) is 19.0 Å². The number of aromatic nitrogens is 5. The summed E-state index contributed by atoms with van der Waals surface area (Å²) in [4.78, 5) is 11.5. The molecule has 0 aliphatic rings. The second kappa shape index (κ2) is 5.20. The number of nitrogens with one attached hydrogen (secondary N) is 2. The maximum Gasteiger partial charge on any atom is 0.148 e. The highest BCUT2D eigenvalue weighted by atomic mass is 19.1. The molecule has 0 fully saturated rings. The van der Waals surface area contributed by atoms with Crippen LogP contribution in [0.5, 0.6) is 0 Å². The van der Waals surface area contributed by atoms with Gasteiger partial charge in [-0.05, 0) is 25.1 Å². The van der Waals surface area contributed by atoms with Crippen LogP contribution >= 0.6 is 0 Å². The highest BCUT2D eigenvalue weighted by molar-refractivity contribution is 5.88. The molecular weight excluding hydrogens is 295 g/mol. The van der Waals surface area contributed by atoms with Gasteiger partial charge in [0.15, 0.2) is 0 Å². The van der Waals surface area contributed by atoms with E-state index in [1.807, 2.05) is 13.0 Å². The lowest BCUT2D eigenvalue weighted by atomic mass is 10.3. The minimum Gasteiger partial charge on any atom is -0.346 e. The van der Waals surface area contributed by atoms with Crippen LogP contribution < -0.4 is 5.32 Å². The second-order valence-electron chi connectivity index (χ2n) is 5.09. The first-order valence-corrected chi connectivity index (χ1v) is 7.08. The Bertz CT molecular complexity index is 987. The largest absolute Gasteiger partial charge is 0.346 e. The smallest absolute Gasteiger partial charge is 0.148 e. The highest BCUT2D eigenvalue weighted by Crippen LogP contribution is 2.26. The summed E-state index contributed by atoms with van der Waals surface area (Å²) in [5.41, 5.74) is 2.71. The van der Waals surface area contributed by atoms with Crippen LogP contribution in [0.25, 0.3) is 16.7 Å². The summed E-state index contributed by atoms with van der Waals surface area (Å²) in [7, 11) is 0. The van der Waals surface area contributed by atoms with Crippen molar-refractivity contribution in [1.82, 2.24) is 24.7 Å². The summed E-state index contributed by atoms with van der Waals surface area (Å²) in [6, 6.07) is 8.43. The van der Waals surface area contributed by atoms with Crippen molar-refractivity contribution in [1.29, 1.82) is 0 Å². The molecule has 0 saturated heterocycles. The van der Waals surface area contributed by atoms with Gasteiger partial charge in [-0.15, -0.1) is 0 Å².